The lowest BCUT2D eigenvalue weighted by molar-refractivity contribution is -0.145. The molecule has 4 heteroatoms. The number of carbonyl (C=O) groups is 1. The Labute approximate surface area is 91.2 Å². The molecule has 4 nitrogen and oxygen atoms in total. The standard InChI is InChI=1S/C11H21NO3/c1-11(2,3)15-8-12-6-4-5-9(7-12)10(13)14/h9H,4-8H2,1-3H3,(H,13,14)/t9-/m0/s1. The van der Waals surface area contributed by atoms with Crippen LogP contribution in [0.1, 0.15) is 33.6 Å². The Bertz CT molecular complexity index is 222. The second-order valence-corrected chi connectivity index (χ2v) is 5.14. The number of hydrogen-bond donors (Lipinski definition) is 1. The topological polar surface area (TPSA) is 49.8 Å². The van der Waals surface area contributed by atoms with Crippen LogP contribution >= 0.6 is 0 Å². The summed E-state index contributed by atoms with van der Waals surface area (Å²) in [5.41, 5.74) is -0.157. The van der Waals surface area contributed by atoms with Crippen LogP contribution in [0.4, 0.5) is 0 Å². The molecule has 0 amide bonds. The molecule has 88 valence electrons. The number of rotatable bonds is 3. The number of aliphatic carboxylic acids is 1. The van der Waals surface area contributed by atoms with Crippen molar-refractivity contribution in [2.24, 2.45) is 5.92 Å². The molecular formula is C11H21NO3. The molecule has 1 N–H and O–H groups in total. The molecule has 0 saturated carbocycles. The summed E-state index contributed by atoms with van der Waals surface area (Å²) < 4.78 is 5.63. The molecule has 0 radical (unpaired) electrons. The summed E-state index contributed by atoms with van der Waals surface area (Å²) in [6, 6.07) is 0. The zero-order valence-corrected chi connectivity index (χ0v) is 9.82. The minimum atomic E-state index is -0.685. The maximum absolute atomic E-state index is 10.8. The molecular weight excluding hydrogens is 194 g/mol. The fraction of sp³-hybridized carbons (Fsp3) is 0.909. The Morgan fingerprint density at radius 1 is 1.53 bits per heavy atom. The predicted molar refractivity (Wildman–Crippen MR) is 57.6 cm³/mol. The number of piperidine rings is 1. The van der Waals surface area contributed by atoms with E-state index in [2.05, 4.69) is 4.90 Å². The Kier molecular flexibility index (Phi) is 4.11. The lowest BCUT2D eigenvalue weighted by atomic mass is 9.99. The Morgan fingerprint density at radius 3 is 2.73 bits per heavy atom. The monoisotopic (exact) mass is 215 g/mol. The van der Waals surface area contributed by atoms with Crippen LogP contribution in [0, 0.1) is 5.92 Å². The van der Waals surface area contributed by atoms with Crippen LogP contribution in [0.2, 0.25) is 0 Å². The van der Waals surface area contributed by atoms with Crippen molar-refractivity contribution in [2.75, 3.05) is 19.8 Å². The first-order chi connectivity index (χ1) is 6.88. The summed E-state index contributed by atoms with van der Waals surface area (Å²) in [6.07, 6.45) is 1.74. The molecule has 1 heterocycles. The van der Waals surface area contributed by atoms with Crippen LogP contribution in [0.3, 0.4) is 0 Å². The molecule has 0 bridgehead atoms. The van der Waals surface area contributed by atoms with Crippen molar-refractivity contribution in [1.82, 2.24) is 4.90 Å². The molecule has 1 aliphatic rings. The summed E-state index contributed by atoms with van der Waals surface area (Å²) in [6.45, 7) is 8.11. The molecule has 1 fully saturated rings. The zero-order chi connectivity index (χ0) is 11.5. The SMILES string of the molecule is CC(C)(C)OCN1CCC[C@H](C(=O)O)C1. The van der Waals surface area contributed by atoms with Crippen LogP contribution in [0.15, 0.2) is 0 Å². The number of nitrogens with zero attached hydrogens (tertiary/aromatic N) is 1. The van der Waals surface area contributed by atoms with Gasteiger partial charge in [0.25, 0.3) is 0 Å². The minimum absolute atomic E-state index is 0.157. The molecule has 1 saturated heterocycles. The van der Waals surface area contributed by atoms with Crippen LogP contribution in [0.25, 0.3) is 0 Å². The van der Waals surface area contributed by atoms with E-state index in [0.717, 1.165) is 19.4 Å². The highest BCUT2D eigenvalue weighted by Crippen LogP contribution is 2.17. The zero-order valence-electron chi connectivity index (χ0n) is 9.82. The summed E-state index contributed by atoms with van der Waals surface area (Å²) >= 11 is 0. The molecule has 0 unspecified atom stereocenters. The molecule has 0 aliphatic carbocycles. The van der Waals surface area contributed by atoms with E-state index in [1.165, 1.54) is 0 Å². The minimum Gasteiger partial charge on any atom is -0.481 e. The third kappa shape index (κ3) is 4.62. The fourth-order valence-electron chi connectivity index (χ4n) is 1.66. The summed E-state index contributed by atoms with van der Waals surface area (Å²) in [4.78, 5) is 12.9. The number of hydrogen-bond acceptors (Lipinski definition) is 3. The van der Waals surface area contributed by atoms with Crippen molar-refractivity contribution in [2.45, 2.75) is 39.2 Å². The highest BCUT2D eigenvalue weighted by atomic mass is 16.5. The van der Waals surface area contributed by atoms with Crippen molar-refractivity contribution in [3.8, 4) is 0 Å². The van der Waals surface area contributed by atoms with Crippen LogP contribution in [-0.2, 0) is 9.53 Å². The third-order valence-corrected chi connectivity index (χ3v) is 2.53. The van der Waals surface area contributed by atoms with E-state index in [0.29, 0.717) is 13.3 Å². The van der Waals surface area contributed by atoms with Crippen LogP contribution in [-0.4, -0.2) is 41.4 Å². The van der Waals surface area contributed by atoms with Gasteiger partial charge in [0.2, 0.25) is 0 Å². The van der Waals surface area contributed by atoms with Gasteiger partial charge in [-0.2, -0.15) is 0 Å². The van der Waals surface area contributed by atoms with E-state index in [-0.39, 0.29) is 11.5 Å². The molecule has 1 aliphatic heterocycles. The van der Waals surface area contributed by atoms with Gasteiger partial charge in [-0.1, -0.05) is 0 Å². The van der Waals surface area contributed by atoms with Crippen molar-refractivity contribution >= 4 is 5.97 Å². The van der Waals surface area contributed by atoms with Crippen LogP contribution < -0.4 is 0 Å². The van der Waals surface area contributed by atoms with Crippen molar-refractivity contribution in [3.63, 3.8) is 0 Å². The van der Waals surface area contributed by atoms with E-state index in [9.17, 15) is 4.79 Å². The average Bonchev–Trinajstić information content (AvgIpc) is 2.14. The molecule has 0 spiro atoms. The van der Waals surface area contributed by atoms with Gasteiger partial charge in [-0.25, -0.2) is 0 Å². The smallest absolute Gasteiger partial charge is 0.307 e. The quantitative estimate of drug-likeness (QED) is 0.776. The lowest BCUT2D eigenvalue weighted by Crippen LogP contribution is -2.41. The highest BCUT2D eigenvalue weighted by molar-refractivity contribution is 5.70. The van der Waals surface area contributed by atoms with Gasteiger partial charge in [-0.15, -0.1) is 0 Å². The Balaban J connectivity index is 2.34. The maximum Gasteiger partial charge on any atom is 0.307 e. The number of likely N-dealkylation sites (tertiary alicyclic amines) is 1. The molecule has 1 atom stereocenters. The molecule has 0 aromatic heterocycles. The molecule has 0 aromatic carbocycles. The van der Waals surface area contributed by atoms with E-state index in [1.807, 2.05) is 20.8 Å². The van der Waals surface area contributed by atoms with Crippen molar-refractivity contribution in [1.29, 1.82) is 0 Å². The van der Waals surface area contributed by atoms with Gasteiger partial charge in [-0.3, -0.25) is 9.69 Å². The molecule has 0 aromatic rings. The average molecular weight is 215 g/mol. The Hall–Kier alpha value is -0.610. The van der Waals surface area contributed by atoms with Gasteiger partial charge < -0.3 is 9.84 Å². The second-order valence-electron chi connectivity index (χ2n) is 5.14. The summed E-state index contributed by atoms with van der Waals surface area (Å²) in [5, 5.41) is 8.92. The van der Waals surface area contributed by atoms with Gasteiger partial charge in [0.1, 0.15) is 0 Å². The summed E-state index contributed by atoms with van der Waals surface area (Å²) in [5.74, 6) is -0.905. The van der Waals surface area contributed by atoms with Crippen molar-refractivity contribution in [3.05, 3.63) is 0 Å². The highest BCUT2D eigenvalue weighted by Gasteiger charge is 2.26. The van der Waals surface area contributed by atoms with Crippen molar-refractivity contribution < 1.29 is 14.6 Å². The fourth-order valence-corrected chi connectivity index (χ4v) is 1.66. The van der Waals surface area contributed by atoms with E-state index in [1.54, 1.807) is 0 Å². The predicted octanol–water partition coefficient (Wildman–Crippen LogP) is 1.56. The van der Waals surface area contributed by atoms with Gasteiger partial charge >= 0.3 is 5.97 Å². The van der Waals surface area contributed by atoms with Gasteiger partial charge in [0, 0.05) is 13.1 Å². The first-order valence-electron chi connectivity index (χ1n) is 5.47. The Morgan fingerprint density at radius 2 is 2.20 bits per heavy atom. The lowest BCUT2D eigenvalue weighted by Gasteiger charge is -2.32. The first-order valence-corrected chi connectivity index (χ1v) is 5.47. The second kappa shape index (κ2) is 4.94. The number of ether oxygens (including phenoxy) is 1. The largest absolute Gasteiger partial charge is 0.481 e. The molecule has 15 heavy (non-hydrogen) atoms. The third-order valence-electron chi connectivity index (χ3n) is 2.53. The van der Waals surface area contributed by atoms with E-state index < -0.39 is 5.97 Å². The van der Waals surface area contributed by atoms with Gasteiger partial charge in [-0.05, 0) is 33.6 Å². The van der Waals surface area contributed by atoms with E-state index in [4.69, 9.17) is 9.84 Å². The normalized spacial score (nSPS) is 24.1. The molecule has 1 rings (SSSR count). The van der Waals surface area contributed by atoms with Gasteiger partial charge in [0.05, 0.1) is 18.2 Å². The first kappa shape index (κ1) is 12.5. The van der Waals surface area contributed by atoms with Crippen LogP contribution in [0.5, 0.6) is 0 Å². The maximum atomic E-state index is 10.8. The number of carboxylic acid groups (broad SMARTS) is 1. The van der Waals surface area contributed by atoms with E-state index >= 15 is 0 Å². The van der Waals surface area contributed by atoms with Gasteiger partial charge in [0.15, 0.2) is 0 Å². The summed E-state index contributed by atoms with van der Waals surface area (Å²) in [7, 11) is 0. The number of carboxylic acids is 1.